The van der Waals surface area contributed by atoms with E-state index < -0.39 is 11.6 Å². The highest BCUT2D eigenvalue weighted by molar-refractivity contribution is 6.13. The van der Waals surface area contributed by atoms with Crippen molar-refractivity contribution in [1.29, 1.82) is 0 Å². The zero-order chi connectivity index (χ0) is 20.5. The van der Waals surface area contributed by atoms with Gasteiger partial charge in [-0.2, -0.15) is 0 Å². The molecule has 0 aliphatic heterocycles. The van der Waals surface area contributed by atoms with E-state index in [9.17, 15) is 14.7 Å². The van der Waals surface area contributed by atoms with Crippen LogP contribution >= 0.6 is 0 Å². The second-order valence-corrected chi connectivity index (χ2v) is 7.24. The van der Waals surface area contributed by atoms with Gasteiger partial charge in [-0.3, -0.25) is 4.79 Å². The second kappa shape index (κ2) is 7.35. The third-order valence-corrected chi connectivity index (χ3v) is 4.53. The number of carboxylic acids is 1. The van der Waals surface area contributed by atoms with E-state index >= 15 is 0 Å². The van der Waals surface area contributed by atoms with Gasteiger partial charge < -0.3 is 14.3 Å². The summed E-state index contributed by atoms with van der Waals surface area (Å²) in [5.41, 5.74) is 2.18. The molecule has 0 spiro atoms. The molecule has 0 fully saturated rings. The molecule has 0 bridgehead atoms. The number of carboxylic acid groups (broad SMARTS) is 1. The Kier molecular flexibility index (Phi) is 5.10. The first-order chi connectivity index (χ1) is 13.2. The molecular formula is C23H22O5. The molecule has 144 valence electrons. The van der Waals surface area contributed by atoms with Crippen LogP contribution in [0.5, 0.6) is 5.75 Å². The number of fused-ring (bicyclic) bond motifs is 1. The smallest absolute Gasteiger partial charge is 0.347 e. The van der Waals surface area contributed by atoms with Crippen molar-refractivity contribution in [2.45, 2.75) is 33.3 Å². The predicted molar refractivity (Wildman–Crippen MR) is 108 cm³/mol. The Morgan fingerprint density at radius 1 is 1.11 bits per heavy atom. The summed E-state index contributed by atoms with van der Waals surface area (Å²) in [6.45, 7) is 6.72. The van der Waals surface area contributed by atoms with Gasteiger partial charge in [0.1, 0.15) is 11.3 Å². The maximum Gasteiger partial charge on any atom is 0.347 e. The maximum absolute atomic E-state index is 12.6. The van der Waals surface area contributed by atoms with E-state index in [0.717, 1.165) is 22.1 Å². The Bertz CT molecular complexity index is 1060. The molecule has 5 heteroatoms. The number of hydrogen-bond donors (Lipinski definition) is 1. The SMILES string of the molecule is Cc1cc(C=CC(=O)c2cccc3ccoc23)cc(C)c1OC(C)(C)C(=O)O. The Balaban J connectivity index is 1.86. The van der Waals surface area contributed by atoms with Gasteiger partial charge in [0, 0.05) is 5.39 Å². The summed E-state index contributed by atoms with van der Waals surface area (Å²) in [4.78, 5) is 23.9. The van der Waals surface area contributed by atoms with Crippen molar-refractivity contribution >= 4 is 28.8 Å². The van der Waals surface area contributed by atoms with Crippen molar-refractivity contribution in [3.8, 4) is 5.75 Å². The lowest BCUT2D eigenvalue weighted by Gasteiger charge is -2.24. The molecule has 28 heavy (non-hydrogen) atoms. The van der Waals surface area contributed by atoms with E-state index in [1.807, 2.05) is 44.2 Å². The van der Waals surface area contributed by atoms with Crippen LogP contribution in [-0.4, -0.2) is 22.5 Å². The van der Waals surface area contributed by atoms with Crippen LogP contribution in [0.1, 0.15) is 40.9 Å². The van der Waals surface area contributed by atoms with Crippen molar-refractivity contribution in [2.75, 3.05) is 0 Å². The van der Waals surface area contributed by atoms with Crippen LogP contribution < -0.4 is 4.74 Å². The minimum atomic E-state index is -1.33. The van der Waals surface area contributed by atoms with E-state index in [2.05, 4.69) is 0 Å². The van der Waals surface area contributed by atoms with E-state index in [4.69, 9.17) is 9.15 Å². The topological polar surface area (TPSA) is 76.7 Å². The summed E-state index contributed by atoms with van der Waals surface area (Å²) in [6, 6.07) is 11.0. The number of para-hydroxylation sites is 1. The molecule has 2 aromatic carbocycles. The molecule has 0 aliphatic rings. The molecule has 0 amide bonds. The number of ketones is 1. The molecule has 3 rings (SSSR count). The fraction of sp³-hybridized carbons (Fsp3) is 0.217. The third-order valence-electron chi connectivity index (χ3n) is 4.53. The number of ether oxygens (including phenoxy) is 1. The first-order valence-electron chi connectivity index (χ1n) is 8.91. The minimum Gasteiger partial charge on any atom is -0.478 e. The number of allylic oxidation sites excluding steroid dienone is 1. The molecule has 0 unspecified atom stereocenters. The number of hydrogen-bond acceptors (Lipinski definition) is 4. The van der Waals surface area contributed by atoms with Gasteiger partial charge >= 0.3 is 5.97 Å². The first-order valence-corrected chi connectivity index (χ1v) is 8.91. The normalized spacial score (nSPS) is 11.9. The number of carbonyl (C=O) groups is 2. The minimum absolute atomic E-state index is 0.150. The standard InChI is InChI=1S/C23H22O5/c1-14-12-16(13-15(2)20(14)28-23(3,4)22(25)26)8-9-19(24)18-7-5-6-17-10-11-27-21(17)18/h5-13H,1-4H3,(H,25,26). The van der Waals surface area contributed by atoms with Gasteiger partial charge in [-0.05, 0) is 74.7 Å². The molecule has 5 nitrogen and oxygen atoms in total. The first kappa shape index (κ1) is 19.4. The quantitative estimate of drug-likeness (QED) is 0.472. The van der Waals surface area contributed by atoms with Crippen molar-refractivity contribution in [2.24, 2.45) is 0 Å². The second-order valence-electron chi connectivity index (χ2n) is 7.24. The van der Waals surface area contributed by atoms with E-state index in [1.54, 1.807) is 18.4 Å². The fourth-order valence-corrected chi connectivity index (χ4v) is 2.99. The average molecular weight is 378 g/mol. The number of aliphatic carboxylic acids is 1. The van der Waals surface area contributed by atoms with Crippen molar-refractivity contribution in [1.82, 2.24) is 0 Å². The molecule has 0 saturated carbocycles. The van der Waals surface area contributed by atoms with Crippen molar-refractivity contribution in [3.05, 3.63) is 71.0 Å². The summed E-state index contributed by atoms with van der Waals surface area (Å²) in [5, 5.41) is 10.2. The van der Waals surface area contributed by atoms with Crippen LogP contribution in [0.3, 0.4) is 0 Å². The Morgan fingerprint density at radius 2 is 1.79 bits per heavy atom. The van der Waals surface area contributed by atoms with Crippen LogP contribution in [0.2, 0.25) is 0 Å². The summed E-state index contributed by atoms with van der Waals surface area (Å²) < 4.78 is 11.1. The van der Waals surface area contributed by atoms with Gasteiger partial charge in [0.25, 0.3) is 0 Å². The highest BCUT2D eigenvalue weighted by Crippen LogP contribution is 2.29. The summed E-state index contributed by atoms with van der Waals surface area (Å²) in [7, 11) is 0. The van der Waals surface area contributed by atoms with Crippen LogP contribution in [0.4, 0.5) is 0 Å². The lowest BCUT2D eigenvalue weighted by Crippen LogP contribution is -2.38. The average Bonchev–Trinajstić information content (AvgIpc) is 3.11. The number of carbonyl (C=O) groups excluding carboxylic acids is 1. The van der Waals surface area contributed by atoms with Crippen LogP contribution in [-0.2, 0) is 4.79 Å². The molecular weight excluding hydrogens is 356 g/mol. The van der Waals surface area contributed by atoms with Gasteiger partial charge in [-0.15, -0.1) is 0 Å². The lowest BCUT2D eigenvalue weighted by atomic mass is 10.0. The molecule has 1 aromatic heterocycles. The highest BCUT2D eigenvalue weighted by Gasteiger charge is 2.30. The van der Waals surface area contributed by atoms with Crippen molar-refractivity contribution in [3.63, 3.8) is 0 Å². The molecule has 1 heterocycles. The molecule has 3 aromatic rings. The predicted octanol–water partition coefficient (Wildman–Crippen LogP) is 5.19. The number of furan rings is 1. The molecule has 0 saturated heterocycles. The molecule has 0 aliphatic carbocycles. The lowest BCUT2D eigenvalue weighted by molar-refractivity contribution is -0.152. The molecule has 0 radical (unpaired) electrons. The van der Waals surface area contributed by atoms with Crippen LogP contribution in [0.15, 0.2) is 53.2 Å². The zero-order valence-electron chi connectivity index (χ0n) is 16.3. The zero-order valence-corrected chi connectivity index (χ0v) is 16.3. The van der Waals surface area contributed by atoms with Gasteiger partial charge in [-0.25, -0.2) is 4.79 Å². The van der Waals surface area contributed by atoms with Gasteiger partial charge in [-0.1, -0.05) is 18.2 Å². The summed E-state index contributed by atoms with van der Waals surface area (Å²) in [6.07, 6.45) is 4.80. The van der Waals surface area contributed by atoms with Crippen LogP contribution in [0.25, 0.3) is 17.0 Å². The third kappa shape index (κ3) is 3.83. The van der Waals surface area contributed by atoms with E-state index in [0.29, 0.717) is 16.9 Å². The number of benzene rings is 2. The maximum atomic E-state index is 12.6. The van der Waals surface area contributed by atoms with Crippen molar-refractivity contribution < 1.29 is 23.8 Å². The summed E-state index contributed by atoms with van der Waals surface area (Å²) in [5.74, 6) is -0.646. The molecule has 0 atom stereocenters. The van der Waals surface area contributed by atoms with Gasteiger partial charge in [0.2, 0.25) is 0 Å². The van der Waals surface area contributed by atoms with Crippen LogP contribution in [0, 0.1) is 13.8 Å². The largest absolute Gasteiger partial charge is 0.478 e. The fourth-order valence-electron chi connectivity index (χ4n) is 2.99. The number of rotatable bonds is 6. The van der Waals surface area contributed by atoms with Gasteiger partial charge in [0.05, 0.1) is 11.8 Å². The van der Waals surface area contributed by atoms with E-state index in [1.165, 1.54) is 19.9 Å². The monoisotopic (exact) mass is 378 g/mol. The Morgan fingerprint density at radius 3 is 2.43 bits per heavy atom. The highest BCUT2D eigenvalue weighted by atomic mass is 16.5. The van der Waals surface area contributed by atoms with Gasteiger partial charge in [0.15, 0.2) is 11.4 Å². The molecule has 1 N–H and O–H groups in total. The Hall–Kier alpha value is -3.34. The Labute approximate surface area is 163 Å². The van der Waals surface area contributed by atoms with E-state index in [-0.39, 0.29) is 5.78 Å². The number of aryl methyl sites for hydroxylation is 2. The summed E-state index contributed by atoms with van der Waals surface area (Å²) >= 11 is 0.